The molecule has 0 aliphatic heterocycles. The van der Waals surface area contributed by atoms with Gasteiger partial charge in [-0.1, -0.05) is 61.0 Å². The zero-order valence-electron chi connectivity index (χ0n) is 10.5. The molecule has 0 heterocycles. The maximum atomic E-state index is 3.49. The van der Waals surface area contributed by atoms with Crippen LogP contribution >= 0.6 is 15.9 Å². The van der Waals surface area contributed by atoms with Crippen LogP contribution in [0.4, 0.5) is 0 Å². The SMILES string of the molecule is CCN(CCBr)Cc1ccc(C(C)C)cc1. The molecule has 2 heteroatoms. The lowest BCUT2D eigenvalue weighted by atomic mass is 10.0. The lowest BCUT2D eigenvalue weighted by Gasteiger charge is -2.19. The van der Waals surface area contributed by atoms with Crippen LogP contribution < -0.4 is 0 Å². The second-order valence-electron chi connectivity index (χ2n) is 4.45. The van der Waals surface area contributed by atoms with E-state index in [9.17, 15) is 0 Å². The molecule has 1 aromatic rings. The molecule has 0 N–H and O–H groups in total. The molecular formula is C14H22BrN. The standard InChI is InChI=1S/C14H22BrN/c1-4-16(10-9-15)11-13-5-7-14(8-6-13)12(2)3/h5-8,12H,4,9-11H2,1-3H3. The number of hydrogen-bond donors (Lipinski definition) is 0. The molecule has 90 valence electrons. The van der Waals surface area contributed by atoms with Crippen molar-refractivity contribution < 1.29 is 0 Å². The number of benzene rings is 1. The molecule has 0 saturated carbocycles. The van der Waals surface area contributed by atoms with Crippen LogP contribution in [0.25, 0.3) is 0 Å². The second-order valence-corrected chi connectivity index (χ2v) is 5.25. The highest BCUT2D eigenvalue weighted by atomic mass is 79.9. The topological polar surface area (TPSA) is 3.24 Å². The van der Waals surface area contributed by atoms with Gasteiger partial charge in [0.2, 0.25) is 0 Å². The number of alkyl halides is 1. The van der Waals surface area contributed by atoms with E-state index in [0.717, 1.165) is 25.0 Å². The van der Waals surface area contributed by atoms with Gasteiger partial charge in [0.15, 0.2) is 0 Å². The highest BCUT2D eigenvalue weighted by molar-refractivity contribution is 9.09. The van der Waals surface area contributed by atoms with Crippen LogP contribution in [0.2, 0.25) is 0 Å². The van der Waals surface area contributed by atoms with Gasteiger partial charge in [-0.25, -0.2) is 0 Å². The van der Waals surface area contributed by atoms with Gasteiger partial charge in [-0.15, -0.1) is 0 Å². The maximum Gasteiger partial charge on any atom is 0.0233 e. The van der Waals surface area contributed by atoms with Gasteiger partial charge >= 0.3 is 0 Å². The Hall–Kier alpha value is -0.340. The summed E-state index contributed by atoms with van der Waals surface area (Å²) < 4.78 is 0. The van der Waals surface area contributed by atoms with Crippen LogP contribution in [0.5, 0.6) is 0 Å². The van der Waals surface area contributed by atoms with Crippen molar-refractivity contribution in [1.29, 1.82) is 0 Å². The molecule has 0 unspecified atom stereocenters. The average Bonchev–Trinajstić information content (AvgIpc) is 2.29. The smallest absolute Gasteiger partial charge is 0.0233 e. The summed E-state index contributed by atoms with van der Waals surface area (Å²) in [5.74, 6) is 0.624. The van der Waals surface area contributed by atoms with E-state index < -0.39 is 0 Å². The molecule has 0 amide bonds. The van der Waals surface area contributed by atoms with E-state index in [1.54, 1.807) is 0 Å². The van der Waals surface area contributed by atoms with E-state index in [4.69, 9.17) is 0 Å². The molecule has 1 rings (SSSR count). The molecule has 0 bridgehead atoms. The van der Waals surface area contributed by atoms with E-state index >= 15 is 0 Å². The largest absolute Gasteiger partial charge is 0.299 e. The lowest BCUT2D eigenvalue weighted by molar-refractivity contribution is 0.299. The molecule has 0 fully saturated rings. The molecular weight excluding hydrogens is 262 g/mol. The minimum Gasteiger partial charge on any atom is -0.299 e. The Morgan fingerprint density at radius 1 is 1.19 bits per heavy atom. The monoisotopic (exact) mass is 283 g/mol. The summed E-state index contributed by atoms with van der Waals surface area (Å²) in [4.78, 5) is 2.44. The van der Waals surface area contributed by atoms with Crippen molar-refractivity contribution >= 4 is 15.9 Å². The summed E-state index contributed by atoms with van der Waals surface area (Å²) in [6.45, 7) is 9.96. The molecule has 0 aliphatic rings. The van der Waals surface area contributed by atoms with E-state index in [1.807, 2.05) is 0 Å². The Labute approximate surface area is 108 Å². The van der Waals surface area contributed by atoms with Gasteiger partial charge in [0.05, 0.1) is 0 Å². The number of rotatable bonds is 6. The van der Waals surface area contributed by atoms with E-state index in [-0.39, 0.29) is 0 Å². The normalized spacial score (nSPS) is 11.4. The van der Waals surface area contributed by atoms with Crippen LogP contribution in [0, 0.1) is 0 Å². The summed E-state index contributed by atoms with van der Waals surface area (Å²) in [7, 11) is 0. The van der Waals surface area contributed by atoms with Crippen molar-refractivity contribution in [3.8, 4) is 0 Å². The van der Waals surface area contributed by atoms with E-state index in [2.05, 4.69) is 65.9 Å². The minimum absolute atomic E-state index is 0.624. The first-order valence-corrected chi connectivity index (χ1v) is 7.16. The maximum absolute atomic E-state index is 3.49. The van der Waals surface area contributed by atoms with Crippen molar-refractivity contribution in [3.63, 3.8) is 0 Å². The average molecular weight is 284 g/mol. The molecule has 0 aromatic heterocycles. The fraction of sp³-hybridized carbons (Fsp3) is 0.571. The Kier molecular flexibility index (Phi) is 6.07. The van der Waals surface area contributed by atoms with Gasteiger partial charge in [0, 0.05) is 18.4 Å². The highest BCUT2D eigenvalue weighted by Crippen LogP contribution is 2.15. The third-order valence-electron chi connectivity index (χ3n) is 2.90. The Morgan fingerprint density at radius 2 is 1.81 bits per heavy atom. The van der Waals surface area contributed by atoms with Gasteiger partial charge in [-0.3, -0.25) is 4.90 Å². The molecule has 16 heavy (non-hydrogen) atoms. The van der Waals surface area contributed by atoms with Gasteiger partial charge < -0.3 is 0 Å². The van der Waals surface area contributed by atoms with Crippen molar-refractivity contribution in [2.24, 2.45) is 0 Å². The minimum atomic E-state index is 0.624. The molecule has 1 aromatic carbocycles. The van der Waals surface area contributed by atoms with Gasteiger partial charge in [0.25, 0.3) is 0 Å². The summed E-state index contributed by atoms with van der Waals surface area (Å²) >= 11 is 3.49. The van der Waals surface area contributed by atoms with Gasteiger partial charge in [-0.05, 0) is 23.6 Å². The summed E-state index contributed by atoms with van der Waals surface area (Å²) in [5, 5.41) is 1.05. The third-order valence-corrected chi connectivity index (χ3v) is 3.26. The predicted molar refractivity (Wildman–Crippen MR) is 75.3 cm³/mol. The number of nitrogens with zero attached hydrogens (tertiary/aromatic N) is 1. The van der Waals surface area contributed by atoms with E-state index in [0.29, 0.717) is 5.92 Å². The lowest BCUT2D eigenvalue weighted by Crippen LogP contribution is -2.24. The molecule has 1 nitrogen and oxygen atoms in total. The quantitative estimate of drug-likeness (QED) is 0.713. The molecule has 0 spiro atoms. The van der Waals surface area contributed by atoms with Gasteiger partial charge in [-0.2, -0.15) is 0 Å². The zero-order valence-corrected chi connectivity index (χ0v) is 12.1. The molecule has 0 atom stereocenters. The van der Waals surface area contributed by atoms with Crippen LogP contribution in [0.3, 0.4) is 0 Å². The van der Waals surface area contributed by atoms with Crippen LogP contribution in [-0.2, 0) is 6.54 Å². The number of hydrogen-bond acceptors (Lipinski definition) is 1. The molecule has 0 radical (unpaired) electrons. The Bertz CT molecular complexity index is 292. The fourth-order valence-corrected chi connectivity index (χ4v) is 2.24. The second kappa shape index (κ2) is 7.08. The highest BCUT2D eigenvalue weighted by Gasteiger charge is 2.03. The Balaban J connectivity index is 2.60. The van der Waals surface area contributed by atoms with Crippen LogP contribution in [0.15, 0.2) is 24.3 Å². The first-order chi connectivity index (χ1) is 7.67. The zero-order chi connectivity index (χ0) is 12.0. The molecule has 0 aliphatic carbocycles. The Morgan fingerprint density at radius 3 is 2.25 bits per heavy atom. The van der Waals surface area contributed by atoms with E-state index in [1.165, 1.54) is 11.1 Å². The van der Waals surface area contributed by atoms with Crippen LogP contribution in [-0.4, -0.2) is 23.3 Å². The molecule has 0 saturated heterocycles. The van der Waals surface area contributed by atoms with Crippen molar-refractivity contribution in [3.05, 3.63) is 35.4 Å². The fourth-order valence-electron chi connectivity index (χ4n) is 1.73. The van der Waals surface area contributed by atoms with Crippen molar-refractivity contribution in [1.82, 2.24) is 4.90 Å². The summed E-state index contributed by atoms with van der Waals surface area (Å²) in [5.41, 5.74) is 2.83. The first-order valence-electron chi connectivity index (χ1n) is 6.04. The van der Waals surface area contributed by atoms with Crippen molar-refractivity contribution in [2.45, 2.75) is 33.2 Å². The predicted octanol–water partition coefficient (Wildman–Crippen LogP) is 4.03. The van der Waals surface area contributed by atoms with Crippen molar-refractivity contribution in [2.75, 3.05) is 18.4 Å². The van der Waals surface area contributed by atoms with Crippen LogP contribution in [0.1, 0.15) is 37.8 Å². The number of halogens is 1. The summed E-state index contributed by atoms with van der Waals surface area (Å²) in [6.07, 6.45) is 0. The first kappa shape index (κ1) is 13.7. The summed E-state index contributed by atoms with van der Waals surface area (Å²) in [6, 6.07) is 9.02. The van der Waals surface area contributed by atoms with Gasteiger partial charge in [0.1, 0.15) is 0 Å². The third kappa shape index (κ3) is 4.26.